The Labute approximate surface area is 96.5 Å². The highest BCUT2D eigenvalue weighted by molar-refractivity contribution is 9.10. The van der Waals surface area contributed by atoms with E-state index in [1.165, 1.54) is 20.2 Å². The zero-order valence-corrected chi connectivity index (χ0v) is 10.4. The molecule has 1 rings (SSSR count). The molecule has 0 amide bonds. The van der Waals surface area contributed by atoms with Crippen molar-refractivity contribution in [1.29, 1.82) is 0 Å². The number of methoxy groups -OCH3 is 1. The van der Waals surface area contributed by atoms with Gasteiger partial charge in [0, 0.05) is 17.1 Å². The lowest BCUT2D eigenvalue weighted by Crippen LogP contribution is -2.14. The van der Waals surface area contributed by atoms with Gasteiger partial charge >= 0.3 is 0 Å². The fourth-order valence-electron chi connectivity index (χ4n) is 1.39. The van der Waals surface area contributed by atoms with Crippen LogP contribution in [0, 0.1) is 12.7 Å². The summed E-state index contributed by atoms with van der Waals surface area (Å²) in [5.74, 6) is -0.261. The van der Waals surface area contributed by atoms with E-state index in [-0.39, 0.29) is 12.3 Å². The fraction of sp³-hybridized carbons (Fsp3) is 0.400. The fourth-order valence-corrected chi connectivity index (χ4v) is 1.81. The second-order valence-electron chi connectivity index (χ2n) is 3.32. The van der Waals surface area contributed by atoms with Crippen molar-refractivity contribution in [3.8, 4) is 5.75 Å². The van der Waals surface area contributed by atoms with Crippen LogP contribution in [-0.4, -0.2) is 24.4 Å². The molecule has 0 atom stereocenters. The molecule has 0 aromatic heterocycles. The Morgan fingerprint density at radius 3 is 2.67 bits per heavy atom. The third-order valence-corrected chi connectivity index (χ3v) is 3.14. The van der Waals surface area contributed by atoms with Gasteiger partial charge < -0.3 is 9.94 Å². The molecule has 0 heterocycles. The van der Waals surface area contributed by atoms with E-state index in [0.29, 0.717) is 5.56 Å². The summed E-state index contributed by atoms with van der Waals surface area (Å²) in [6.07, 6.45) is 0. The predicted octanol–water partition coefficient (Wildman–Crippen LogP) is 2.73. The van der Waals surface area contributed by atoms with E-state index in [2.05, 4.69) is 15.9 Å². The van der Waals surface area contributed by atoms with Gasteiger partial charge in [-0.3, -0.25) is 0 Å². The number of ether oxygens (including phenoxy) is 1. The van der Waals surface area contributed by atoms with Crippen molar-refractivity contribution in [3.05, 3.63) is 27.5 Å². The second kappa shape index (κ2) is 4.92. The molecule has 1 aromatic carbocycles. The molecule has 0 spiro atoms. The Morgan fingerprint density at radius 2 is 2.20 bits per heavy atom. The summed E-state index contributed by atoms with van der Waals surface area (Å²) in [6.45, 7) is 1.98. The average Bonchev–Trinajstić information content (AvgIpc) is 2.13. The van der Waals surface area contributed by atoms with Crippen molar-refractivity contribution in [3.63, 3.8) is 0 Å². The Kier molecular flexibility index (Phi) is 4.07. The van der Waals surface area contributed by atoms with E-state index in [9.17, 15) is 4.39 Å². The van der Waals surface area contributed by atoms with E-state index in [1.54, 1.807) is 6.92 Å². The maximum atomic E-state index is 13.5. The molecule has 5 heteroatoms. The average molecular weight is 278 g/mol. The minimum absolute atomic E-state index is 0.161. The minimum Gasteiger partial charge on any atom is -0.493 e. The van der Waals surface area contributed by atoms with Gasteiger partial charge in [-0.05, 0) is 18.6 Å². The predicted molar refractivity (Wildman–Crippen MR) is 58.6 cm³/mol. The first-order chi connectivity index (χ1) is 6.97. The molecule has 0 fully saturated rings. The number of rotatable bonds is 3. The number of hydrogen-bond donors (Lipinski definition) is 1. The Bertz CT molecular complexity index is 369. The lowest BCUT2D eigenvalue weighted by atomic mass is 10.1. The number of aryl methyl sites for hydroxylation is 1. The molecule has 84 valence electrons. The van der Waals surface area contributed by atoms with Crippen LogP contribution in [0.15, 0.2) is 10.5 Å². The Balaban J connectivity index is 3.30. The quantitative estimate of drug-likeness (QED) is 0.863. The van der Waals surface area contributed by atoms with Gasteiger partial charge in [-0.1, -0.05) is 15.9 Å². The summed E-state index contributed by atoms with van der Waals surface area (Å²) >= 11 is 3.35. The zero-order valence-electron chi connectivity index (χ0n) is 8.84. The highest BCUT2D eigenvalue weighted by Crippen LogP contribution is 2.33. The van der Waals surface area contributed by atoms with E-state index >= 15 is 0 Å². The normalized spacial score (nSPS) is 10.9. The molecular formula is C10H13BrFNO2. The van der Waals surface area contributed by atoms with Crippen LogP contribution < -0.4 is 4.74 Å². The van der Waals surface area contributed by atoms with Gasteiger partial charge in [-0.25, -0.2) is 4.39 Å². The lowest BCUT2D eigenvalue weighted by molar-refractivity contribution is -0.0737. The molecule has 0 saturated carbocycles. The first kappa shape index (κ1) is 12.4. The lowest BCUT2D eigenvalue weighted by Gasteiger charge is -2.16. The third kappa shape index (κ3) is 2.68. The third-order valence-electron chi connectivity index (χ3n) is 2.04. The zero-order chi connectivity index (χ0) is 11.6. The van der Waals surface area contributed by atoms with Crippen LogP contribution >= 0.6 is 15.9 Å². The second-order valence-corrected chi connectivity index (χ2v) is 4.11. The summed E-state index contributed by atoms with van der Waals surface area (Å²) in [5.41, 5.74) is 1.37. The van der Waals surface area contributed by atoms with Gasteiger partial charge in [-0.2, -0.15) is 5.06 Å². The van der Waals surface area contributed by atoms with Crippen molar-refractivity contribution in [2.24, 2.45) is 0 Å². The Morgan fingerprint density at radius 1 is 1.60 bits per heavy atom. The van der Waals surface area contributed by atoms with Gasteiger partial charge in [-0.15, -0.1) is 0 Å². The highest BCUT2D eigenvalue weighted by atomic mass is 79.9. The van der Waals surface area contributed by atoms with Crippen LogP contribution in [-0.2, 0) is 6.54 Å². The number of hydroxylamine groups is 2. The first-order valence-corrected chi connectivity index (χ1v) is 5.18. The van der Waals surface area contributed by atoms with E-state index < -0.39 is 5.82 Å². The van der Waals surface area contributed by atoms with E-state index in [1.807, 2.05) is 0 Å². The van der Waals surface area contributed by atoms with Gasteiger partial charge in [0.2, 0.25) is 0 Å². The molecule has 15 heavy (non-hydrogen) atoms. The monoisotopic (exact) mass is 277 g/mol. The van der Waals surface area contributed by atoms with Crippen molar-refractivity contribution in [2.45, 2.75) is 13.5 Å². The molecular weight excluding hydrogens is 265 g/mol. The molecule has 0 bridgehead atoms. The largest absolute Gasteiger partial charge is 0.493 e. The summed E-state index contributed by atoms with van der Waals surface area (Å²) < 4.78 is 19.2. The van der Waals surface area contributed by atoms with Crippen LogP contribution in [0.4, 0.5) is 4.39 Å². The summed E-state index contributed by atoms with van der Waals surface area (Å²) in [4.78, 5) is 0. The van der Waals surface area contributed by atoms with Crippen molar-refractivity contribution in [1.82, 2.24) is 5.06 Å². The molecule has 3 nitrogen and oxygen atoms in total. The molecule has 1 aromatic rings. The Hall–Kier alpha value is -0.650. The van der Waals surface area contributed by atoms with Crippen LogP contribution in [0.1, 0.15) is 11.1 Å². The summed E-state index contributed by atoms with van der Waals surface area (Å²) in [6, 6.07) is 1.39. The molecule has 0 unspecified atom stereocenters. The number of benzene rings is 1. The van der Waals surface area contributed by atoms with Crippen molar-refractivity contribution >= 4 is 15.9 Å². The molecule has 1 N–H and O–H groups in total. The van der Waals surface area contributed by atoms with Crippen molar-refractivity contribution in [2.75, 3.05) is 14.2 Å². The van der Waals surface area contributed by atoms with Crippen LogP contribution in [0.3, 0.4) is 0 Å². The van der Waals surface area contributed by atoms with Gasteiger partial charge in [0.05, 0.1) is 13.7 Å². The maximum absolute atomic E-state index is 13.5. The SMILES string of the molecule is COc1c(F)cc(C)c(Br)c1CN(C)O. The molecule has 0 aliphatic heterocycles. The van der Waals surface area contributed by atoms with Crippen LogP contribution in [0.2, 0.25) is 0 Å². The van der Waals surface area contributed by atoms with Gasteiger partial charge in [0.1, 0.15) is 0 Å². The number of halogens is 2. The topological polar surface area (TPSA) is 32.7 Å². The minimum atomic E-state index is -0.421. The molecule has 0 saturated heterocycles. The van der Waals surface area contributed by atoms with Crippen molar-refractivity contribution < 1.29 is 14.3 Å². The summed E-state index contributed by atoms with van der Waals surface area (Å²) in [7, 11) is 2.90. The number of hydrogen-bond acceptors (Lipinski definition) is 3. The van der Waals surface area contributed by atoms with Gasteiger partial charge in [0.15, 0.2) is 11.6 Å². The molecule has 0 radical (unpaired) electrons. The summed E-state index contributed by atoms with van der Waals surface area (Å²) in [5, 5.41) is 10.1. The van der Waals surface area contributed by atoms with Crippen LogP contribution in [0.5, 0.6) is 5.75 Å². The number of nitrogens with zero attached hydrogens (tertiary/aromatic N) is 1. The van der Waals surface area contributed by atoms with Gasteiger partial charge in [0.25, 0.3) is 0 Å². The standard InChI is InChI=1S/C10H13BrFNO2/c1-6-4-8(12)10(15-3)7(9(6)11)5-13(2)14/h4,14H,5H2,1-3H3. The first-order valence-electron chi connectivity index (χ1n) is 4.38. The smallest absolute Gasteiger partial charge is 0.165 e. The van der Waals surface area contributed by atoms with E-state index in [0.717, 1.165) is 15.1 Å². The molecule has 0 aliphatic carbocycles. The van der Waals surface area contributed by atoms with Crippen LogP contribution in [0.25, 0.3) is 0 Å². The molecule has 0 aliphatic rings. The maximum Gasteiger partial charge on any atom is 0.165 e. The van der Waals surface area contributed by atoms with E-state index in [4.69, 9.17) is 9.94 Å². The highest BCUT2D eigenvalue weighted by Gasteiger charge is 2.16.